The molecule has 0 radical (unpaired) electrons. The largest absolute Gasteiger partial charge is 0.329 e. The lowest BCUT2D eigenvalue weighted by Gasteiger charge is -2.43. The molecule has 2 fully saturated rings. The lowest BCUT2D eigenvalue weighted by molar-refractivity contribution is -0.137. The average molecular weight is 469 g/mol. The molecule has 5 amide bonds. The summed E-state index contributed by atoms with van der Waals surface area (Å²) in [6.45, 7) is 10.5. The highest BCUT2D eigenvalue weighted by molar-refractivity contribution is 6.09. The van der Waals surface area contributed by atoms with Gasteiger partial charge in [0.2, 0.25) is 0 Å². The normalized spacial score (nSPS) is 23.9. The molecule has 1 aromatic carbocycles. The molecule has 1 aliphatic carbocycles. The number of urea groups is 1. The summed E-state index contributed by atoms with van der Waals surface area (Å²) >= 11 is 0. The van der Waals surface area contributed by atoms with Gasteiger partial charge in [-0.25, -0.2) is 9.78 Å². The van der Waals surface area contributed by atoms with E-state index in [1.54, 1.807) is 12.1 Å². The number of imidazole rings is 1. The summed E-state index contributed by atoms with van der Waals surface area (Å²) in [6, 6.07) is 4.55. The van der Waals surface area contributed by atoms with Crippen molar-refractivity contribution in [2.45, 2.75) is 66.0 Å². The maximum atomic E-state index is 13.2. The summed E-state index contributed by atoms with van der Waals surface area (Å²) < 4.78 is 2.04. The summed E-state index contributed by atoms with van der Waals surface area (Å²) in [6.07, 6.45) is 2.04. The summed E-state index contributed by atoms with van der Waals surface area (Å²) in [4.78, 5) is 56.2. The first-order valence-electron chi connectivity index (χ1n) is 11.6. The number of hydrazine groups is 1. The number of carbonyl (C=O) groups is 4. The van der Waals surface area contributed by atoms with Gasteiger partial charge < -0.3 is 9.88 Å². The molecule has 0 bridgehead atoms. The first-order chi connectivity index (χ1) is 15.9. The smallest absolute Gasteiger partial charge is 0.325 e. The van der Waals surface area contributed by atoms with Crippen molar-refractivity contribution in [2.24, 2.45) is 11.3 Å². The van der Waals surface area contributed by atoms with Gasteiger partial charge in [0.15, 0.2) is 0 Å². The Bertz CT molecular complexity index is 1190. The second kappa shape index (κ2) is 8.41. The Balaban J connectivity index is 1.38. The van der Waals surface area contributed by atoms with E-state index in [9.17, 15) is 19.2 Å². The minimum atomic E-state index is -0.975. The highest BCUT2D eigenvalue weighted by Gasteiger charge is 2.56. The fourth-order valence-corrected chi connectivity index (χ4v) is 5.82. The Kier molecular flexibility index (Phi) is 5.87. The standard InChI is InChI=1S/C24H32N6O4/c1-6-29-15(3)25-17-9-16(7-8-18(17)29)20(32)28-27-19(31)12-30-21(33)24(26-22(30)34)11-14(2)10-23(4,5)13-24/h7-9,14H,6,10-13H2,1-5H3,(H,26,34)(H,27,31)(H,28,32)/t14-,24+/m0/s1. The van der Waals surface area contributed by atoms with Crippen molar-refractivity contribution in [3.63, 3.8) is 0 Å². The van der Waals surface area contributed by atoms with Crippen LogP contribution in [0.2, 0.25) is 0 Å². The number of carbonyl (C=O) groups excluding carboxylic acids is 4. The predicted octanol–water partition coefficient (Wildman–Crippen LogP) is 2.26. The van der Waals surface area contributed by atoms with Crippen molar-refractivity contribution in [1.82, 2.24) is 30.6 Å². The van der Waals surface area contributed by atoms with E-state index in [-0.39, 0.29) is 17.2 Å². The van der Waals surface area contributed by atoms with Crippen LogP contribution in [0.4, 0.5) is 4.79 Å². The van der Waals surface area contributed by atoms with Crippen LogP contribution in [0.3, 0.4) is 0 Å². The van der Waals surface area contributed by atoms with Crippen molar-refractivity contribution >= 4 is 34.8 Å². The Labute approximate surface area is 198 Å². The van der Waals surface area contributed by atoms with Crippen molar-refractivity contribution in [1.29, 1.82) is 0 Å². The summed E-state index contributed by atoms with van der Waals surface area (Å²) in [5.41, 5.74) is 5.53. The van der Waals surface area contributed by atoms with Crippen molar-refractivity contribution in [2.75, 3.05) is 6.54 Å². The quantitative estimate of drug-likeness (QED) is 0.469. The molecular weight excluding hydrogens is 436 g/mol. The molecule has 1 aliphatic heterocycles. The molecule has 2 aliphatic rings. The number of aryl methyl sites for hydroxylation is 2. The Morgan fingerprint density at radius 3 is 2.62 bits per heavy atom. The van der Waals surface area contributed by atoms with E-state index >= 15 is 0 Å². The molecule has 182 valence electrons. The van der Waals surface area contributed by atoms with Gasteiger partial charge in [-0.05, 0) is 62.6 Å². The van der Waals surface area contributed by atoms with Crippen LogP contribution in [0.25, 0.3) is 11.0 Å². The number of nitrogens with one attached hydrogen (secondary N) is 3. The molecule has 34 heavy (non-hydrogen) atoms. The molecule has 4 rings (SSSR count). The monoisotopic (exact) mass is 468 g/mol. The first-order valence-corrected chi connectivity index (χ1v) is 11.6. The highest BCUT2D eigenvalue weighted by Crippen LogP contribution is 2.46. The van der Waals surface area contributed by atoms with Crippen LogP contribution in [0.1, 0.15) is 63.1 Å². The van der Waals surface area contributed by atoms with E-state index in [1.807, 2.05) is 24.5 Å². The summed E-state index contributed by atoms with van der Waals surface area (Å²) in [7, 11) is 0. The van der Waals surface area contributed by atoms with Gasteiger partial charge in [0.05, 0.1) is 11.0 Å². The van der Waals surface area contributed by atoms with Gasteiger partial charge in [0, 0.05) is 12.1 Å². The Morgan fingerprint density at radius 2 is 1.94 bits per heavy atom. The van der Waals surface area contributed by atoms with Crippen LogP contribution in [0.15, 0.2) is 18.2 Å². The molecule has 0 unspecified atom stereocenters. The van der Waals surface area contributed by atoms with E-state index in [0.717, 1.165) is 29.2 Å². The Morgan fingerprint density at radius 1 is 1.21 bits per heavy atom. The number of amides is 5. The second-order valence-corrected chi connectivity index (χ2v) is 10.4. The molecular formula is C24H32N6O4. The molecule has 1 aromatic heterocycles. The maximum Gasteiger partial charge on any atom is 0.325 e. The van der Waals surface area contributed by atoms with Crippen molar-refractivity contribution in [3.8, 4) is 0 Å². The highest BCUT2D eigenvalue weighted by atomic mass is 16.2. The third kappa shape index (κ3) is 4.24. The van der Waals surface area contributed by atoms with Crippen LogP contribution < -0.4 is 16.2 Å². The Hall–Kier alpha value is -3.43. The van der Waals surface area contributed by atoms with Gasteiger partial charge in [0.1, 0.15) is 17.9 Å². The van der Waals surface area contributed by atoms with Crippen molar-refractivity contribution < 1.29 is 19.2 Å². The van der Waals surface area contributed by atoms with Gasteiger partial charge >= 0.3 is 6.03 Å². The van der Waals surface area contributed by atoms with Crippen LogP contribution in [0.5, 0.6) is 0 Å². The van der Waals surface area contributed by atoms with Gasteiger partial charge in [0.25, 0.3) is 17.7 Å². The summed E-state index contributed by atoms with van der Waals surface area (Å²) in [5, 5.41) is 2.84. The zero-order chi connectivity index (χ0) is 24.8. The van der Waals surface area contributed by atoms with Crippen LogP contribution in [-0.4, -0.2) is 50.3 Å². The predicted molar refractivity (Wildman–Crippen MR) is 126 cm³/mol. The van der Waals surface area contributed by atoms with E-state index in [2.05, 4.69) is 41.9 Å². The van der Waals surface area contributed by atoms with E-state index in [1.165, 1.54) is 0 Å². The molecule has 2 aromatic rings. The molecule has 3 N–H and O–H groups in total. The lowest BCUT2D eigenvalue weighted by atomic mass is 9.64. The number of benzene rings is 1. The number of hydrogen-bond donors (Lipinski definition) is 3. The number of aromatic nitrogens is 2. The van der Waals surface area contributed by atoms with Gasteiger partial charge in [-0.1, -0.05) is 20.8 Å². The van der Waals surface area contributed by atoms with E-state index in [4.69, 9.17) is 0 Å². The zero-order valence-corrected chi connectivity index (χ0v) is 20.3. The molecule has 2 atom stereocenters. The first kappa shape index (κ1) is 23.7. The second-order valence-electron chi connectivity index (χ2n) is 10.4. The number of nitrogens with zero attached hydrogens (tertiary/aromatic N) is 3. The molecule has 1 saturated carbocycles. The fourth-order valence-electron chi connectivity index (χ4n) is 5.82. The van der Waals surface area contributed by atoms with E-state index < -0.39 is 29.9 Å². The minimum Gasteiger partial charge on any atom is -0.329 e. The summed E-state index contributed by atoms with van der Waals surface area (Å²) in [5.74, 6) is -0.443. The number of rotatable bonds is 4. The molecule has 10 nitrogen and oxygen atoms in total. The van der Waals surface area contributed by atoms with Gasteiger partial charge in [-0.15, -0.1) is 0 Å². The van der Waals surface area contributed by atoms with Crippen LogP contribution >= 0.6 is 0 Å². The van der Waals surface area contributed by atoms with Crippen molar-refractivity contribution in [3.05, 3.63) is 29.6 Å². The minimum absolute atomic E-state index is 0.0978. The zero-order valence-electron chi connectivity index (χ0n) is 20.3. The SMILES string of the molecule is CCn1c(C)nc2cc(C(=O)NNC(=O)CN3C(=O)N[C@@]4(C[C@@H](C)CC(C)(C)C4)C3=O)ccc21. The number of fused-ring (bicyclic) bond motifs is 1. The van der Waals surface area contributed by atoms with Gasteiger partial charge in [-0.2, -0.15) is 0 Å². The molecule has 1 spiro atoms. The lowest BCUT2D eigenvalue weighted by Crippen LogP contribution is -2.54. The fraction of sp³-hybridized carbons (Fsp3) is 0.542. The third-order valence-corrected chi connectivity index (χ3v) is 6.76. The van der Waals surface area contributed by atoms with Gasteiger partial charge in [-0.3, -0.25) is 30.1 Å². The van der Waals surface area contributed by atoms with Crippen LogP contribution in [-0.2, 0) is 16.1 Å². The third-order valence-electron chi connectivity index (χ3n) is 6.76. The average Bonchev–Trinajstić information content (AvgIpc) is 3.17. The topological polar surface area (TPSA) is 125 Å². The number of imide groups is 1. The van der Waals surface area contributed by atoms with Crippen LogP contribution in [0, 0.1) is 18.3 Å². The molecule has 2 heterocycles. The molecule has 1 saturated heterocycles. The maximum absolute atomic E-state index is 13.2. The number of hydrogen-bond acceptors (Lipinski definition) is 5. The van der Waals surface area contributed by atoms with E-state index in [0.29, 0.717) is 23.9 Å². The molecule has 10 heteroatoms.